The molecule has 3 fully saturated rings. The molecule has 2 saturated carbocycles. The van der Waals surface area contributed by atoms with Gasteiger partial charge in [0.05, 0.1) is 170 Å². The molecule has 1 saturated heterocycles. The number of hydrogen-bond acceptors (Lipinski definition) is 27. The molecule has 10 heterocycles. The number of para-hydroxylation sites is 1. The van der Waals surface area contributed by atoms with Crippen molar-refractivity contribution >= 4 is 102 Å². The molecule has 32 nitrogen and oxygen atoms in total. The minimum Gasteiger partial charge on any atom is -0.497 e. The van der Waals surface area contributed by atoms with Crippen molar-refractivity contribution in [2.45, 2.75) is 57.5 Å². The van der Waals surface area contributed by atoms with E-state index < -0.39 is 6.10 Å². The number of likely N-dealkylation sites (tertiary alicyclic amines) is 1. The van der Waals surface area contributed by atoms with Crippen molar-refractivity contribution in [3.8, 4) is 79.4 Å². The van der Waals surface area contributed by atoms with E-state index in [0.717, 1.165) is 179 Å². The third-order valence-corrected chi connectivity index (χ3v) is 24.8. The first-order valence-electron chi connectivity index (χ1n) is 46.4. The van der Waals surface area contributed by atoms with E-state index >= 15 is 0 Å². The van der Waals surface area contributed by atoms with Crippen molar-refractivity contribution in [1.29, 1.82) is 0 Å². The lowest BCUT2D eigenvalue weighted by molar-refractivity contribution is 0.0653. The predicted molar refractivity (Wildman–Crippen MR) is 536 cm³/mol. The Morgan fingerprint density at radius 2 is 0.870 bits per heavy atom. The molecule has 704 valence electrons. The van der Waals surface area contributed by atoms with Crippen molar-refractivity contribution in [2.24, 2.45) is 33.0 Å². The van der Waals surface area contributed by atoms with Crippen LogP contribution in [-0.2, 0) is 21.1 Å². The van der Waals surface area contributed by atoms with Gasteiger partial charge in [0.2, 0.25) is 0 Å². The van der Waals surface area contributed by atoms with Gasteiger partial charge >= 0.3 is 0 Å². The molecule has 3 N–H and O–H groups in total. The molecule has 0 radical (unpaired) electrons. The topological polar surface area (TPSA) is 326 Å². The van der Waals surface area contributed by atoms with Gasteiger partial charge in [-0.05, 0) is 173 Å². The van der Waals surface area contributed by atoms with Crippen LogP contribution in [0, 0.1) is 11.8 Å². The summed E-state index contributed by atoms with van der Waals surface area (Å²) in [6.45, 7) is 7.20. The first-order chi connectivity index (χ1) is 67.4. The van der Waals surface area contributed by atoms with Crippen LogP contribution >= 0.6 is 0 Å². The van der Waals surface area contributed by atoms with Crippen LogP contribution in [0.3, 0.4) is 0 Å². The van der Waals surface area contributed by atoms with E-state index in [4.69, 9.17) is 48.4 Å². The number of imide groups is 1. The maximum absolute atomic E-state index is 12.9. The van der Waals surface area contributed by atoms with E-state index in [-0.39, 0.29) is 18.4 Å². The molecule has 8 aromatic heterocycles. The van der Waals surface area contributed by atoms with Crippen LogP contribution in [0.15, 0.2) is 256 Å². The molecule has 2 amide bonds. The molecule has 32 heteroatoms. The molecule has 9 aromatic carbocycles. The van der Waals surface area contributed by atoms with E-state index in [2.05, 4.69) is 136 Å². The third kappa shape index (κ3) is 22.4. The molecular formula is C106H111N23O9. The summed E-state index contributed by atoms with van der Waals surface area (Å²) in [6.07, 6.45) is 30.8. The van der Waals surface area contributed by atoms with Crippen LogP contribution in [0.2, 0.25) is 0 Å². The molecule has 0 spiro atoms. The van der Waals surface area contributed by atoms with Crippen LogP contribution < -0.4 is 53.3 Å². The number of methoxy groups -OCH3 is 5. The number of aromatic nitrogens is 16. The van der Waals surface area contributed by atoms with Gasteiger partial charge in [-0.25, -0.2) is 19.9 Å². The Hall–Kier alpha value is -15.8. The quantitative estimate of drug-likeness (QED) is 0.0254. The number of aryl methyl sites for hydroxylation is 3. The number of carbonyl (C=O) groups excluding carboxylic acids is 2. The normalized spacial score (nSPS) is 13.7. The van der Waals surface area contributed by atoms with Gasteiger partial charge in [-0.1, -0.05) is 42.8 Å². The number of aliphatic hydroxyl groups is 1. The molecule has 2 aliphatic carbocycles. The third-order valence-electron chi connectivity index (χ3n) is 24.8. The number of piperidine rings is 1. The van der Waals surface area contributed by atoms with Gasteiger partial charge in [-0.15, -0.1) is 0 Å². The smallest absolute Gasteiger partial charge is 0.261 e. The molecule has 17 aromatic rings. The average molecular weight is 1850 g/mol. The van der Waals surface area contributed by atoms with Crippen molar-refractivity contribution in [2.75, 3.05) is 128 Å². The monoisotopic (exact) mass is 1850 g/mol. The zero-order chi connectivity index (χ0) is 95.1. The maximum Gasteiger partial charge on any atom is 0.261 e. The number of aliphatic hydroxyl groups excluding tert-OH is 1. The highest BCUT2D eigenvalue weighted by Crippen LogP contribution is 2.43. The zero-order valence-corrected chi connectivity index (χ0v) is 78.8. The Morgan fingerprint density at radius 3 is 1.34 bits per heavy atom. The predicted octanol–water partition coefficient (Wildman–Crippen LogP) is 17.7. The van der Waals surface area contributed by atoms with Crippen LogP contribution in [0.25, 0.3) is 89.0 Å². The number of likely N-dealkylation sites (N-methyl/N-ethyl adjacent to an activating group) is 1. The second-order valence-corrected chi connectivity index (χ2v) is 34.8. The standard InChI is InChI=1S/C31H28N6O4.C28H34N6O3.C26H30N6O2.C21H19N5/c1-35-19-20(17-33-35)29-18-32-27-10-9-21(15-28(27)34-29)36(22-13-23(40-2)16-24(14-22)41-3)11-6-12-37-30(38)25-7-4-5-8-26(25)31(37)39;1-32-17-20(15-30-32)28-16-29-26-8-7-21(13-27(26)31-28)34(19-23(35)18-33-9-5-4-6-10-33)22-11-24(36-2)14-25(12-22)37-3;1-27-8-9-34-23-11-21(10-22(13-23)33-3)32(16-18-4-5-18)20-6-7-24-25(12-20)30-26(15-28-24)19-14-29-31(2)17-19;1-2-4-18(5-3-1)26(14-15-6-7-15)21-13-22-19-9-8-16(10-20(19)25-21)17-11-23-24-12-17/h4-5,7-10,13-19H,6,11-12H2,1-3H3;7-8,11-17,23,35H,4-6,9-10,18-19H2,1-3H3;6-7,10-15,17-18,27H,4-5,8-9,16H2,1-3H3;1-5,8-13,15H,6-7,14H2,(H,23,24). The molecule has 21 rings (SSSR count). The molecule has 138 heavy (non-hydrogen) atoms. The van der Waals surface area contributed by atoms with Gasteiger partial charge in [-0.2, -0.15) is 20.4 Å². The second-order valence-electron chi connectivity index (χ2n) is 34.8. The first-order valence-corrected chi connectivity index (χ1v) is 46.4. The number of hydrogen-bond donors (Lipinski definition) is 3. The number of β-amino-alcohol motifs (C(OH)–C–C–N with tert-alkyl or cyclic N) is 1. The van der Waals surface area contributed by atoms with Gasteiger partial charge in [-0.3, -0.25) is 53.6 Å². The lowest BCUT2D eigenvalue weighted by Crippen LogP contribution is -2.41. The number of rotatable bonds is 33. The number of aromatic amines is 1. The Labute approximate surface area is 799 Å². The Balaban J connectivity index is 0.000000123. The summed E-state index contributed by atoms with van der Waals surface area (Å²) in [5.74, 6) is 6.05. The number of anilines is 8. The fraction of sp³-hybridized carbons (Fsp3) is 0.283. The zero-order valence-electron chi connectivity index (χ0n) is 78.8. The van der Waals surface area contributed by atoms with E-state index in [0.29, 0.717) is 72.7 Å². The average Bonchev–Trinajstić information content (AvgIpc) is 1.64. The number of nitrogens with one attached hydrogen (secondary N) is 2. The number of nitrogens with zero attached hydrogens (tertiary/aromatic N) is 21. The highest BCUT2D eigenvalue weighted by atomic mass is 16.5. The fourth-order valence-electron chi connectivity index (χ4n) is 17.1. The molecule has 1 atom stereocenters. The lowest BCUT2D eigenvalue weighted by atomic mass is 10.1. The van der Waals surface area contributed by atoms with E-state index in [1.807, 2.05) is 169 Å². The second kappa shape index (κ2) is 42.8. The van der Waals surface area contributed by atoms with E-state index in [1.54, 1.807) is 105 Å². The number of amides is 2. The molecule has 1 unspecified atom stereocenters. The number of ether oxygens (including phenoxy) is 6. The van der Waals surface area contributed by atoms with Crippen molar-refractivity contribution in [3.05, 3.63) is 267 Å². The largest absolute Gasteiger partial charge is 0.497 e. The van der Waals surface area contributed by atoms with Crippen molar-refractivity contribution < 1.29 is 43.1 Å². The maximum atomic E-state index is 12.9. The number of H-pyrrole nitrogens is 1. The van der Waals surface area contributed by atoms with Gasteiger partial charge in [0, 0.05) is 202 Å². The SMILES string of the molecule is CNCCOc1cc(OC)cc(N(CC2CC2)c2ccc3ncc(-c4cnn(C)c4)nc3c2)c1.COc1cc(OC)cc(N(CC(O)CN2CCCCC2)c2ccc3ncc(-c4cnn(C)c4)nc3c2)c1.COc1cc(OC)cc(N(CCCN2C(=O)c3ccccc3C2=O)c2ccc3ncc(-c4cnn(C)c4)nc3c2)c1.c1ccc(N(CC2CC2)c2cnc3ccc(-c4cn[nH]c4)cc3n2)cc1. The van der Waals surface area contributed by atoms with Crippen LogP contribution in [0.4, 0.5) is 45.6 Å². The molecular weight excluding hydrogens is 1740 g/mol. The molecule has 0 bridgehead atoms. The van der Waals surface area contributed by atoms with Gasteiger partial charge in [0.15, 0.2) is 5.82 Å². The summed E-state index contributed by atoms with van der Waals surface area (Å²) < 4.78 is 39.0. The van der Waals surface area contributed by atoms with Crippen molar-refractivity contribution in [3.63, 3.8) is 0 Å². The summed E-state index contributed by atoms with van der Waals surface area (Å²) in [5.41, 5.74) is 21.4. The van der Waals surface area contributed by atoms with Crippen LogP contribution in [0.1, 0.15) is 72.1 Å². The summed E-state index contributed by atoms with van der Waals surface area (Å²) in [6, 6.07) is 59.2. The lowest BCUT2D eigenvalue weighted by Gasteiger charge is -2.32. The number of carbonyl (C=O) groups is 2. The van der Waals surface area contributed by atoms with Crippen molar-refractivity contribution in [1.82, 2.24) is 94.5 Å². The van der Waals surface area contributed by atoms with Crippen LogP contribution in [0.5, 0.6) is 34.5 Å². The molecule has 4 aliphatic rings. The number of benzene rings is 9. The van der Waals surface area contributed by atoms with E-state index in [1.165, 1.54) is 55.5 Å². The highest BCUT2D eigenvalue weighted by Gasteiger charge is 2.36. The van der Waals surface area contributed by atoms with Gasteiger partial charge < -0.3 is 63.3 Å². The van der Waals surface area contributed by atoms with Gasteiger partial charge in [0.1, 0.15) is 41.1 Å². The Morgan fingerprint density at radius 1 is 0.428 bits per heavy atom. The van der Waals surface area contributed by atoms with E-state index in [9.17, 15) is 14.7 Å². The summed E-state index contributed by atoms with van der Waals surface area (Å²) in [5, 5.41) is 33.9. The van der Waals surface area contributed by atoms with Crippen LogP contribution in [-0.4, -0.2) is 220 Å². The first kappa shape index (κ1) is 92.6. The van der Waals surface area contributed by atoms with Gasteiger partial charge in [0.25, 0.3) is 11.8 Å². The molecule has 2 aliphatic heterocycles. The summed E-state index contributed by atoms with van der Waals surface area (Å²) in [7, 11) is 15.7. The minimum absolute atomic E-state index is 0.260. The Bertz CT molecular complexity index is 7020. The summed E-state index contributed by atoms with van der Waals surface area (Å²) in [4.78, 5) is 76.4. The Kier molecular flexibility index (Phi) is 28.8. The highest BCUT2D eigenvalue weighted by molar-refractivity contribution is 6.21. The summed E-state index contributed by atoms with van der Waals surface area (Å²) >= 11 is 0. The minimum atomic E-state index is -0.543. The number of fused-ring (bicyclic) bond motifs is 5. The fourth-order valence-corrected chi connectivity index (χ4v) is 17.1.